The van der Waals surface area contributed by atoms with Gasteiger partial charge in [-0.05, 0) is 43.5 Å². The summed E-state index contributed by atoms with van der Waals surface area (Å²) < 4.78 is 20.7. The van der Waals surface area contributed by atoms with Gasteiger partial charge in [-0.3, -0.25) is 0 Å². The highest BCUT2D eigenvalue weighted by Gasteiger charge is 2.04. The van der Waals surface area contributed by atoms with E-state index in [1.165, 1.54) is 18.9 Å². The van der Waals surface area contributed by atoms with Crippen LogP contribution < -0.4 is 9.47 Å². The monoisotopic (exact) mass is 432 g/mol. The summed E-state index contributed by atoms with van der Waals surface area (Å²) in [5, 5.41) is 0. The smallest absolute Gasteiger partial charge is 0.333 e. The van der Waals surface area contributed by atoms with Gasteiger partial charge in [0.15, 0.2) is 11.5 Å². The van der Waals surface area contributed by atoms with Gasteiger partial charge in [0.1, 0.15) is 0 Å². The fourth-order valence-corrected chi connectivity index (χ4v) is 2.89. The van der Waals surface area contributed by atoms with Gasteiger partial charge in [-0.2, -0.15) is 0 Å². The maximum Gasteiger partial charge on any atom is 0.333 e. The number of ether oxygens (including phenoxy) is 4. The summed E-state index contributed by atoms with van der Waals surface area (Å²) in [5.74, 6) is 0.606. The van der Waals surface area contributed by atoms with Crippen LogP contribution in [0.3, 0.4) is 0 Å². The summed E-state index contributed by atoms with van der Waals surface area (Å²) in [7, 11) is 3.15. The number of esters is 2. The molecule has 0 saturated heterocycles. The van der Waals surface area contributed by atoms with Crippen LogP contribution in [0.1, 0.15) is 63.9 Å². The van der Waals surface area contributed by atoms with Crippen LogP contribution in [0.4, 0.5) is 0 Å². The van der Waals surface area contributed by atoms with Crippen LogP contribution in [0.25, 0.3) is 6.08 Å². The predicted molar refractivity (Wildman–Crippen MR) is 122 cm³/mol. The molecular formula is C25H36O6. The fourth-order valence-electron chi connectivity index (χ4n) is 2.89. The summed E-state index contributed by atoms with van der Waals surface area (Å²) in [5.41, 5.74) is 1.28. The Bertz CT molecular complexity index is 723. The van der Waals surface area contributed by atoms with Crippen molar-refractivity contribution in [3.63, 3.8) is 0 Å². The minimum atomic E-state index is -0.345. The van der Waals surface area contributed by atoms with Crippen molar-refractivity contribution in [2.24, 2.45) is 0 Å². The highest BCUT2D eigenvalue weighted by molar-refractivity contribution is 5.87. The molecule has 1 aromatic rings. The van der Waals surface area contributed by atoms with Gasteiger partial charge >= 0.3 is 11.9 Å². The average Bonchev–Trinajstić information content (AvgIpc) is 2.77. The Morgan fingerprint density at radius 2 is 1.39 bits per heavy atom. The molecule has 0 heterocycles. The number of rotatable bonds is 16. The Kier molecular flexibility index (Phi) is 13.6. The van der Waals surface area contributed by atoms with E-state index >= 15 is 0 Å². The number of carbonyl (C=O) groups excluding carboxylic acids is 2. The highest BCUT2D eigenvalue weighted by atomic mass is 16.5. The van der Waals surface area contributed by atoms with Crippen molar-refractivity contribution in [3.05, 3.63) is 42.0 Å². The van der Waals surface area contributed by atoms with Crippen LogP contribution in [-0.2, 0) is 19.1 Å². The summed E-state index contributed by atoms with van der Waals surface area (Å²) in [6.07, 6.45) is 11.6. The zero-order valence-corrected chi connectivity index (χ0v) is 19.1. The van der Waals surface area contributed by atoms with E-state index < -0.39 is 0 Å². The molecule has 0 unspecified atom stereocenters. The van der Waals surface area contributed by atoms with Crippen molar-refractivity contribution in [3.8, 4) is 11.5 Å². The third-order valence-corrected chi connectivity index (χ3v) is 4.68. The molecule has 0 aliphatic rings. The molecule has 1 aromatic carbocycles. The summed E-state index contributed by atoms with van der Waals surface area (Å²) in [6, 6.07) is 5.44. The SMILES string of the molecule is C=C(C)C(=O)OCCCCCCCCCCOC(=O)/C=C/c1ccc(OC)c(OC)c1. The second-order valence-electron chi connectivity index (χ2n) is 7.36. The first-order chi connectivity index (χ1) is 15.0. The average molecular weight is 433 g/mol. The second-order valence-corrected chi connectivity index (χ2v) is 7.36. The van der Waals surface area contributed by atoms with Crippen LogP contribution >= 0.6 is 0 Å². The molecule has 172 valence electrons. The van der Waals surface area contributed by atoms with E-state index in [4.69, 9.17) is 18.9 Å². The Hall–Kier alpha value is -2.76. The van der Waals surface area contributed by atoms with E-state index in [0.29, 0.717) is 30.3 Å². The molecule has 31 heavy (non-hydrogen) atoms. The molecule has 0 fully saturated rings. The van der Waals surface area contributed by atoms with Gasteiger partial charge in [0.05, 0.1) is 27.4 Å². The van der Waals surface area contributed by atoms with Crippen molar-refractivity contribution in [1.29, 1.82) is 0 Å². The molecule has 0 amide bonds. The molecule has 0 aliphatic heterocycles. The summed E-state index contributed by atoms with van der Waals surface area (Å²) in [4.78, 5) is 23.1. The number of carbonyl (C=O) groups is 2. The molecule has 6 nitrogen and oxygen atoms in total. The lowest BCUT2D eigenvalue weighted by Crippen LogP contribution is -2.05. The maximum absolute atomic E-state index is 11.8. The number of unbranched alkanes of at least 4 members (excludes halogenated alkanes) is 7. The Morgan fingerprint density at radius 3 is 1.94 bits per heavy atom. The van der Waals surface area contributed by atoms with E-state index in [2.05, 4.69) is 6.58 Å². The maximum atomic E-state index is 11.8. The van der Waals surface area contributed by atoms with Gasteiger partial charge < -0.3 is 18.9 Å². The van der Waals surface area contributed by atoms with Crippen LogP contribution in [0.15, 0.2) is 36.4 Å². The lowest BCUT2D eigenvalue weighted by atomic mass is 10.1. The van der Waals surface area contributed by atoms with Gasteiger partial charge in [-0.1, -0.05) is 51.2 Å². The van der Waals surface area contributed by atoms with Crippen molar-refractivity contribution in [1.82, 2.24) is 0 Å². The number of hydrogen-bond acceptors (Lipinski definition) is 6. The molecule has 0 spiro atoms. The predicted octanol–water partition coefficient (Wildman–Crippen LogP) is 5.50. The molecule has 1 rings (SSSR count). The fraction of sp³-hybridized carbons (Fsp3) is 0.520. The zero-order valence-electron chi connectivity index (χ0n) is 19.1. The van der Waals surface area contributed by atoms with E-state index in [1.807, 2.05) is 6.07 Å². The van der Waals surface area contributed by atoms with E-state index in [-0.39, 0.29) is 11.9 Å². The molecule has 0 atom stereocenters. The minimum Gasteiger partial charge on any atom is -0.493 e. The van der Waals surface area contributed by atoms with Crippen molar-refractivity contribution in [2.45, 2.75) is 58.3 Å². The molecule has 0 aromatic heterocycles. The lowest BCUT2D eigenvalue weighted by molar-refractivity contribution is -0.139. The first kappa shape index (κ1) is 26.3. The highest BCUT2D eigenvalue weighted by Crippen LogP contribution is 2.27. The third-order valence-electron chi connectivity index (χ3n) is 4.68. The number of methoxy groups -OCH3 is 2. The van der Waals surface area contributed by atoms with Gasteiger partial charge in [0.25, 0.3) is 0 Å². The standard InChI is InChI=1S/C25H36O6/c1-20(2)25(27)31-18-12-10-8-6-5-7-9-11-17-30-24(26)16-14-21-13-15-22(28-3)23(19-21)29-4/h13-16,19H,1,5-12,17-18H2,2-4H3/b16-14+. The van der Waals surface area contributed by atoms with Crippen molar-refractivity contribution in [2.75, 3.05) is 27.4 Å². The van der Waals surface area contributed by atoms with Crippen molar-refractivity contribution >= 4 is 18.0 Å². The normalized spacial score (nSPS) is 10.7. The molecule has 0 saturated carbocycles. The van der Waals surface area contributed by atoms with E-state index in [9.17, 15) is 9.59 Å². The van der Waals surface area contributed by atoms with E-state index in [0.717, 1.165) is 44.1 Å². The zero-order chi connectivity index (χ0) is 22.9. The third kappa shape index (κ3) is 11.9. The first-order valence-corrected chi connectivity index (χ1v) is 10.9. The molecule has 0 N–H and O–H groups in total. The van der Waals surface area contributed by atoms with Gasteiger partial charge in [-0.25, -0.2) is 9.59 Å². The van der Waals surface area contributed by atoms with Crippen LogP contribution in [0.5, 0.6) is 11.5 Å². The minimum absolute atomic E-state index is 0.308. The van der Waals surface area contributed by atoms with Crippen LogP contribution in [0.2, 0.25) is 0 Å². The summed E-state index contributed by atoms with van der Waals surface area (Å²) in [6.45, 7) is 6.11. The van der Waals surface area contributed by atoms with Gasteiger partial charge in [0, 0.05) is 11.6 Å². The summed E-state index contributed by atoms with van der Waals surface area (Å²) >= 11 is 0. The molecular weight excluding hydrogens is 396 g/mol. The van der Waals surface area contributed by atoms with E-state index in [1.54, 1.807) is 39.4 Å². The Balaban J connectivity index is 2.03. The molecule has 0 radical (unpaired) electrons. The van der Waals surface area contributed by atoms with Crippen LogP contribution in [-0.4, -0.2) is 39.4 Å². The van der Waals surface area contributed by atoms with Crippen LogP contribution in [0, 0.1) is 0 Å². The lowest BCUT2D eigenvalue weighted by Gasteiger charge is -2.07. The largest absolute Gasteiger partial charge is 0.493 e. The number of benzene rings is 1. The quantitative estimate of drug-likeness (QED) is 0.195. The van der Waals surface area contributed by atoms with Gasteiger partial charge in [-0.15, -0.1) is 0 Å². The molecule has 0 bridgehead atoms. The Morgan fingerprint density at radius 1 is 0.839 bits per heavy atom. The first-order valence-electron chi connectivity index (χ1n) is 10.9. The molecule has 6 heteroatoms. The molecule has 0 aliphatic carbocycles. The second kappa shape index (κ2) is 16.0. The topological polar surface area (TPSA) is 71.1 Å². The van der Waals surface area contributed by atoms with Crippen molar-refractivity contribution < 1.29 is 28.5 Å². The van der Waals surface area contributed by atoms with Gasteiger partial charge in [0.2, 0.25) is 0 Å². The Labute approximate surface area is 186 Å². The number of hydrogen-bond donors (Lipinski definition) is 0.